The Balaban J connectivity index is 1.84. The van der Waals surface area contributed by atoms with Crippen LogP contribution in [0.3, 0.4) is 0 Å². The molecule has 0 unspecified atom stereocenters. The van der Waals surface area contributed by atoms with Crippen molar-refractivity contribution in [1.29, 1.82) is 0 Å². The lowest BCUT2D eigenvalue weighted by atomic mass is 10.3. The molecule has 0 aliphatic rings. The zero-order chi connectivity index (χ0) is 17.2. The Labute approximate surface area is 150 Å². The molecule has 5 nitrogen and oxygen atoms in total. The maximum absolute atomic E-state index is 11.9. The Morgan fingerprint density at radius 2 is 2.12 bits per heavy atom. The quantitative estimate of drug-likeness (QED) is 0.630. The molecule has 2 aromatic rings. The van der Waals surface area contributed by atoms with Gasteiger partial charge in [0.15, 0.2) is 5.75 Å². The van der Waals surface area contributed by atoms with Gasteiger partial charge in [0.2, 0.25) is 5.91 Å². The van der Waals surface area contributed by atoms with Crippen LogP contribution < -0.4 is 15.4 Å². The number of hydrogen-bond acceptors (Lipinski definition) is 5. The van der Waals surface area contributed by atoms with Gasteiger partial charge in [0.1, 0.15) is 6.61 Å². The maximum Gasteiger partial charge on any atom is 0.239 e. The fraction of sp³-hybridized carbons (Fsp3) is 0.353. The number of ether oxygens (including phenoxy) is 2. The van der Waals surface area contributed by atoms with E-state index in [-0.39, 0.29) is 12.5 Å². The predicted octanol–water partition coefficient (Wildman–Crippen LogP) is 3.55. The third-order valence-electron chi connectivity index (χ3n) is 3.12. The summed E-state index contributed by atoms with van der Waals surface area (Å²) in [5.74, 6) is 0.438. The maximum atomic E-state index is 11.9. The molecule has 1 heterocycles. The first-order chi connectivity index (χ1) is 11.7. The van der Waals surface area contributed by atoms with E-state index in [0.717, 1.165) is 4.88 Å². The van der Waals surface area contributed by atoms with Gasteiger partial charge < -0.3 is 20.1 Å². The van der Waals surface area contributed by atoms with Crippen molar-refractivity contribution in [3.8, 4) is 5.75 Å². The fourth-order valence-corrected chi connectivity index (χ4v) is 2.85. The Morgan fingerprint density at radius 3 is 2.88 bits per heavy atom. The molecule has 1 aromatic carbocycles. The molecule has 7 heteroatoms. The molecule has 24 heavy (non-hydrogen) atoms. The highest BCUT2D eigenvalue weighted by Gasteiger charge is 2.10. The molecule has 2 rings (SSSR count). The lowest BCUT2D eigenvalue weighted by Gasteiger charge is -2.14. The Hall–Kier alpha value is -1.76. The second-order valence-electron chi connectivity index (χ2n) is 4.87. The van der Waals surface area contributed by atoms with Crippen molar-refractivity contribution < 1.29 is 14.3 Å². The lowest BCUT2D eigenvalue weighted by molar-refractivity contribution is -0.119. The summed E-state index contributed by atoms with van der Waals surface area (Å²) in [7, 11) is 0. The molecule has 0 saturated carbocycles. The topological polar surface area (TPSA) is 59.6 Å². The normalized spacial score (nSPS) is 10.4. The number of carbonyl (C=O) groups is 1. The number of amides is 1. The first kappa shape index (κ1) is 18.6. The highest BCUT2D eigenvalue weighted by molar-refractivity contribution is 7.09. The van der Waals surface area contributed by atoms with Crippen molar-refractivity contribution in [3.05, 3.63) is 45.6 Å². The number of nitrogens with one attached hydrogen (secondary N) is 2. The van der Waals surface area contributed by atoms with Crippen LogP contribution in [0.4, 0.5) is 5.69 Å². The second-order valence-corrected chi connectivity index (χ2v) is 6.31. The summed E-state index contributed by atoms with van der Waals surface area (Å²) >= 11 is 7.79. The Kier molecular flexibility index (Phi) is 7.88. The van der Waals surface area contributed by atoms with Gasteiger partial charge in [0.05, 0.1) is 30.4 Å². The van der Waals surface area contributed by atoms with Crippen LogP contribution in [0.25, 0.3) is 0 Å². The van der Waals surface area contributed by atoms with Gasteiger partial charge in [-0.1, -0.05) is 23.7 Å². The van der Waals surface area contributed by atoms with Crippen LogP contribution in [0.5, 0.6) is 5.75 Å². The van der Waals surface area contributed by atoms with Crippen LogP contribution in [-0.2, 0) is 16.1 Å². The number of halogens is 1. The molecule has 0 aliphatic heterocycles. The zero-order valence-electron chi connectivity index (χ0n) is 13.5. The minimum absolute atomic E-state index is 0.0939. The third kappa shape index (κ3) is 6.03. The smallest absolute Gasteiger partial charge is 0.239 e. The predicted molar refractivity (Wildman–Crippen MR) is 98.1 cm³/mol. The van der Waals surface area contributed by atoms with Gasteiger partial charge in [-0.2, -0.15) is 0 Å². The number of benzene rings is 1. The summed E-state index contributed by atoms with van der Waals surface area (Å²) in [5.41, 5.74) is 0.685. The largest absolute Gasteiger partial charge is 0.487 e. The number of hydrogen-bond donors (Lipinski definition) is 2. The van der Waals surface area contributed by atoms with Crippen molar-refractivity contribution in [1.82, 2.24) is 5.32 Å². The molecule has 1 aromatic heterocycles. The van der Waals surface area contributed by atoms with Crippen molar-refractivity contribution in [2.45, 2.75) is 13.5 Å². The molecule has 130 valence electrons. The second kappa shape index (κ2) is 10.2. The van der Waals surface area contributed by atoms with Crippen LogP contribution in [-0.4, -0.2) is 32.3 Å². The highest BCUT2D eigenvalue weighted by Crippen LogP contribution is 2.32. The van der Waals surface area contributed by atoms with E-state index < -0.39 is 0 Å². The Morgan fingerprint density at radius 1 is 1.25 bits per heavy atom. The lowest BCUT2D eigenvalue weighted by Crippen LogP contribution is -2.29. The van der Waals surface area contributed by atoms with E-state index in [4.69, 9.17) is 21.1 Å². The van der Waals surface area contributed by atoms with Gasteiger partial charge in [-0.3, -0.25) is 4.79 Å². The van der Waals surface area contributed by atoms with Crippen LogP contribution in [0.1, 0.15) is 11.8 Å². The first-order valence-corrected chi connectivity index (χ1v) is 8.98. The number of anilines is 1. The SMILES string of the molecule is CCOCCOc1c(Cl)cccc1NCC(=O)NCc1cccs1. The average molecular weight is 369 g/mol. The molecular formula is C17H21ClN2O3S. The molecule has 0 fully saturated rings. The average Bonchev–Trinajstić information content (AvgIpc) is 3.10. The molecule has 2 N–H and O–H groups in total. The van der Waals surface area contributed by atoms with Gasteiger partial charge in [-0.25, -0.2) is 0 Å². The van der Waals surface area contributed by atoms with Gasteiger partial charge >= 0.3 is 0 Å². The van der Waals surface area contributed by atoms with Crippen LogP contribution in [0.15, 0.2) is 35.7 Å². The molecule has 0 atom stereocenters. The summed E-state index contributed by atoms with van der Waals surface area (Å²) in [6.45, 7) is 4.14. The standard InChI is InChI=1S/C17H21ClN2O3S/c1-2-22-8-9-23-17-14(18)6-3-7-15(17)19-12-16(21)20-11-13-5-4-10-24-13/h3-7,10,19H,2,8-9,11-12H2,1H3,(H,20,21). The minimum Gasteiger partial charge on any atom is -0.487 e. The van der Waals surface area contributed by atoms with Crippen molar-refractivity contribution in [3.63, 3.8) is 0 Å². The molecule has 0 saturated heterocycles. The third-order valence-corrected chi connectivity index (χ3v) is 4.30. The monoisotopic (exact) mass is 368 g/mol. The van der Waals surface area contributed by atoms with Crippen molar-refractivity contribution >= 4 is 34.5 Å². The van der Waals surface area contributed by atoms with E-state index in [0.29, 0.717) is 42.8 Å². The van der Waals surface area contributed by atoms with Gasteiger partial charge in [0, 0.05) is 11.5 Å². The van der Waals surface area contributed by atoms with Crippen LogP contribution >= 0.6 is 22.9 Å². The fourth-order valence-electron chi connectivity index (χ4n) is 1.98. The summed E-state index contributed by atoms with van der Waals surface area (Å²) in [6, 6.07) is 9.33. The minimum atomic E-state index is -0.0939. The van der Waals surface area contributed by atoms with Gasteiger partial charge in [-0.05, 0) is 30.5 Å². The highest BCUT2D eigenvalue weighted by atomic mass is 35.5. The summed E-state index contributed by atoms with van der Waals surface area (Å²) in [4.78, 5) is 13.1. The van der Waals surface area contributed by atoms with E-state index in [1.807, 2.05) is 36.6 Å². The summed E-state index contributed by atoms with van der Waals surface area (Å²) < 4.78 is 10.9. The number of rotatable bonds is 10. The molecule has 0 spiro atoms. The Bertz CT molecular complexity index is 635. The van der Waals surface area contributed by atoms with E-state index in [1.165, 1.54) is 0 Å². The zero-order valence-corrected chi connectivity index (χ0v) is 15.1. The molecule has 1 amide bonds. The summed E-state index contributed by atoms with van der Waals surface area (Å²) in [5, 5.41) is 8.41. The van der Waals surface area contributed by atoms with Crippen LogP contribution in [0.2, 0.25) is 5.02 Å². The van der Waals surface area contributed by atoms with E-state index in [9.17, 15) is 4.79 Å². The molecule has 0 aliphatic carbocycles. The van der Waals surface area contributed by atoms with Crippen molar-refractivity contribution in [2.24, 2.45) is 0 Å². The van der Waals surface area contributed by atoms with E-state index >= 15 is 0 Å². The molecular weight excluding hydrogens is 348 g/mol. The van der Waals surface area contributed by atoms with E-state index in [2.05, 4.69) is 10.6 Å². The molecule has 0 bridgehead atoms. The van der Waals surface area contributed by atoms with Crippen LogP contribution in [0, 0.1) is 0 Å². The van der Waals surface area contributed by atoms with E-state index in [1.54, 1.807) is 17.4 Å². The van der Waals surface area contributed by atoms with Crippen molar-refractivity contribution in [2.75, 3.05) is 31.7 Å². The molecule has 0 radical (unpaired) electrons. The number of carbonyl (C=O) groups excluding carboxylic acids is 1. The van der Waals surface area contributed by atoms with Gasteiger partial charge in [-0.15, -0.1) is 11.3 Å². The first-order valence-electron chi connectivity index (χ1n) is 7.72. The van der Waals surface area contributed by atoms with Gasteiger partial charge in [0.25, 0.3) is 0 Å². The number of thiophene rings is 1. The summed E-state index contributed by atoms with van der Waals surface area (Å²) in [6.07, 6.45) is 0. The number of para-hydroxylation sites is 1.